The molecule has 27 heavy (non-hydrogen) atoms. The van der Waals surface area contributed by atoms with Crippen molar-refractivity contribution in [3.63, 3.8) is 0 Å². The zero-order valence-corrected chi connectivity index (χ0v) is 16.5. The first kappa shape index (κ1) is 18.1. The third kappa shape index (κ3) is 4.20. The number of aromatic nitrogens is 2. The van der Waals surface area contributed by atoms with Gasteiger partial charge in [0.15, 0.2) is 0 Å². The van der Waals surface area contributed by atoms with Gasteiger partial charge in [-0.15, -0.1) is 33.7 Å². The van der Waals surface area contributed by atoms with Crippen LogP contribution in [-0.4, -0.2) is 27.6 Å². The van der Waals surface area contributed by atoms with Crippen molar-refractivity contribution >= 4 is 35.1 Å². The van der Waals surface area contributed by atoms with Gasteiger partial charge in [-0.3, -0.25) is 4.79 Å². The molecule has 3 aromatic rings. The topological polar surface area (TPSA) is 68.0 Å². The maximum atomic E-state index is 12.7. The summed E-state index contributed by atoms with van der Waals surface area (Å²) in [5.74, 6) is 2.71. The average molecular weight is 398 g/mol. The first-order valence-corrected chi connectivity index (χ1v) is 10.8. The molecule has 1 N–H and O–H groups in total. The number of amides is 1. The minimum Gasteiger partial charge on any atom is -0.423 e. The second kappa shape index (κ2) is 8.19. The summed E-state index contributed by atoms with van der Waals surface area (Å²) in [6, 6.07) is 13.6. The lowest BCUT2D eigenvalue weighted by Gasteiger charge is -2.21. The standard InChI is InChI=1S/C20H19N3O2S2/c1-13-3-4-16(19-23-21-12-25-19)11-17(13)22-18(24)14-5-7-15(8-6-14)20-26-9-2-10-27-20/h3-8,11-12,20H,2,9-10H2,1H3,(H,22,24). The average Bonchev–Trinajstić information content (AvgIpc) is 3.25. The van der Waals surface area contributed by atoms with Crippen molar-refractivity contribution in [3.05, 3.63) is 65.5 Å². The number of hydrogen-bond acceptors (Lipinski definition) is 6. The van der Waals surface area contributed by atoms with E-state index in [1.54, 1.807) is 0 Å². The molecule has 2 aromatic carbocycles. The van der Waals surface area contributed by atoms with Crippen LogP contribution >= 0.6 is 23.5 Å². The fourth-order valence-corrected chi connectivity index (χ4v) is 5.75. The molecule has 0 radical (unpaired) electrons. The third-order valence-electron chi connectivity index (χ3n) is 4.36. The number of thioether (sulfide) groups is 2. The zero-order valence-electron chi connectivity index (χ0n) is 14.8. The second-order valence-corrected chi connectivity index (χ2v) is 9.00. The zero-order chi connectivity index (χ0) is 18.6. The van der Waals surface area contributed by atoms with Crippen LogP contribution in [0, 0.1) is 6.92 Å². The molecular formula is C20H19N3O2S2. The summed E-state index contributed by atoms with van der Waals surface area (Å²) in [6.45, 7) is 1.95. The highest BCUT2D eigenvalue weighted by Gasteiger charge is 2.17. The minimum atomic E-state index is -0.128. The van der Waals surface area contributed by atoms with Crippen LogP contribution in [0.3, 0.4) is 0 Å². The number of nitrogens with zero attached hydrogens (tertiary/aromatic N) is 2. The van der Waals surface area contributed by atoms with Crippen LogP contribution in [0.25, 0.3) is 11.5 Å². The van der Waals surface area contributed by atoms with E-state index in [0.29, 0.717) is 16.0 Å². The second-order valence-electron chi connectivity index (χ2n) is 6.28. The Balaban J connectivity index is 1.49. The van der Waals surface area contributed by atoms with E-state index >= 15 is 0 Å². The highest BCUT2D eigenvalue weighted by Crippen LogP contribution is 2.43. The van der Waals surface area contributed by atoms with Gasteiger partial charge >= 0.3 is 0 Å². The predicted molar refractivity (Wildman–Crippen MR) is 111 cm³/mol. The number of carbonyl (C=O) groups excluding carboxylic acids is 1. The number of anilines is 1. The van der Waals surface area contributed by atoms with Crippen molar-refractivity contribution in [3.8, 4) is 11.5 Å². The summed E-state index contributed by atoms with van der Waals surface area (Å²) < 4.78 is 5.71. The molecule has 0 bridgehead atoms. The molecule has 1 amide bonds. The predicted octanol–water partition coefficient (Wildman–Crippen LogP) is 5.17. The highest BCUT2D eigenvalue weighted by molar-refractivity contribution is 8.16. The molecule has 0 spiro atoms. The number of hydrogen-bond donors (Lipinski definition) is 1. The van der Waals surface area contributed by atoms with Gasteiger partial charge in [0.1, 0.15) is 0 Å². The molecule has 1 aliphatic heterocycles. The molecule has 138 valence electrons. The van der Waals surface area contributed by atoms with Crippen LogP contribution in [0.1, 0.15) is 32.5 Å². The van der Waals surface area contributed by atoms with Gasteiger partial charge < -0.3 is 9.73 Å². The van der Waals surface area contributed by atoms with Gasteiger partial charge in [0.2, 0.25) is 12.3 Å². The van der Waals surface area contributed by atoms with Crippen LogP contribution in [0.15, 0.2) is 53.3 Å². The van der Waals surface area contributed by atoms with Gasteiger partial charge in [-0.2, -0.15) is 0 Å². The van der Waals surface area contributed by atoms with E-state index in [9.17, 15) is 4.79 Å². The number of aryl methyl sites for hydroxylation is 1. The number of nitrogens with one attached hydrogen (secondary N) is 1. The number of carbonyl (C=O) groups is 1. The van der Waals surface area contributed by atoms with Crippen molar-refractivity contribution in [2.75, 3.05) is 16.8 Å². The van der Waals surface area contributed by atoms with Gasteiger partial charge in [-0.25, -0.2) is 0 Å². The molecule has 7 heteroatoms. The first-order valence-electron chi connectivity index (χ1n) is 8.72. The number of benzene rings is 2. The van der Waals surface area contributed by atoms with Gasteiger partial charge in [0.05, 0.1) is 4.58 Å². The lowest BCUT2D eigenvalue weighted by Crippen LogP contribution is -2.13. The third-order valence-corrected chi connectivity index (χ3v) is 7.38. The minimum absolute atomic E-state index is 0.128. The van der Waals surface area contributed by atoms with Crippen LogP contribution in [0.2, 0.25) is 0 Å². The monoisotopic (exact) mass is 397 g/mol. The largest absolute Gasteiger partial charge is 0.423 e. The molecule has 2 heterocycles. The Hall–Kier alpha value is -2.25. The quantitative estimate of drug-likeness (QED) is 0.655. The normalized spacial score (nSPS) is 14.9. The fourth-order valence-electron chi connectivity index (χ4n) is 2.85. The Bertz CT molecular complexity index is 921. The summed E-state index contributed by atoms with van der Waals surface area (Å²) in [7, 11) is 0. The number of rotatable bonds is 4. The fraction of sp³-hybridized carbons (Fsp3) is 0.250. The van der Waals surface area contributed by atoms with E-state index in [1.165, 1.54) is 29.9 Å². The van der Waals surface area contributed by atoms with E-state index in [-0.39, 0.29) is 5.91 Å². The van der Waals surface area contributed by atoms with E-state index in [2.05, 4.69) is 27.6 Å². The Kier molecular flexibility index (Phi) is 5.50. The summed E-state index contributed by atoms with van der Waals surface area (Å²) in [6.07, 6.45) is 2.56. The molecule has 1 aromatic heterocycles. The van der Waals surface area contributed by atoms with Crippen LogP contribution in [-0.2, 0) is 0 Å². The molecule has 4 rings (SSSR count). The Labute approximate surface area is 166 Å². The van der Waals surface area contributed by atoms with Gasteiger partial charge in [0.25, 0.3) is 5.91 Å². The summed E-state index contributed by atoms with van der Waals surface area (Å²) in [4.78, 5) is 12.7. The van der Waals surface area contributed by atoms with E-state index in [0.717, 1.165) is 16.8 Å². The van der Waals surface area contributed by atoms with Crippen molar-refractivity contribution in [1.82, 2.24) is 10.2 Å². The summed E-state index contributed by atoms with van der Waals surface area (Å²) >= 11 is 3.96. The van der Waals surface area contributed by atoms with Crippen molar-refractivity contribution in [2.24, 2.45) is 0 Å². The summed E-state index contributed by atoms with van der Waals surface area (Å²) in [5.41, 5.74) is 4.40. The Morgan fingerprint density at radius 1 is 1.15 bits per heavy atom. The SMILES string of the molecule is Cc1ccc(-c2nnco2)cc1NC(=O)c1ccc(C2SCCCS2)cc1. The van der Waals surface area contributed by atoms with E-state index in [4.69, 9.17) is 4.42 Å². The van der Waals surface area contributed by atoms with Crippen LogP contribution in [0.4, 0.5) is 5.69 Å². The molecule has 1 fully saturated rings. The lowest BCUT2D eigenvalue weighted by molar-refractivity contribution is 0.102. The van der Waals surface area contributed by atoms with E-state index < -0.39 is 0 Å². The van der Waals surface area contributed by atoms with Gasteiger partial charge in [0, 0.05) is 16.8 Å². The molecule has 5 nitrogen and oxygen atoms in total. The molecule has 0 atom stereocenters. The Morgan fingerprint density at radius 2 is 1.93 bits per heavy atom. The summed E-state index contributed by atoms with van der Waals surface area (Å²) in [5, 5.41) is 10.6. The smallest absolute Gasteiger partial charge is 0.255 e. The van der Waals surface area contributed by atoms with Gasteiger partial charge in [-0.05, 0) is 60.2 Å². The molecule has 0 saturated carbocycles. The molecule has 1 aliphatic rings. The molecule has 0 unspecified atom stereocenters. The maximum absolute atomic E-state index is 12.7. The van der Waals surface area contributed by atoms with Crippen molar-refractivity contribution in [1.29, 1.82) is 0 Å². The molecule has 0 aliphatic carbocycles. The van der Waals surface area contributed by atoms with Crippen molar-refractivity contribution in [2.45, 2.75) is 17.9 Å². The van der Waals surface area contributed by atoms with E-state index in [1.807, 2.05) is 60.8 Å². The van der Waals surface area contributed by atoms with Crippen LogP contribution in [0.5, 0.6) is 0 Å². The lowest BCUT2D eigenvalue weighted by atomic mass is 10.1. The van der Waals surface area contributed by atoms with Gasteiger partial charge in [-0.1, -0.05) is 18.2 Å². The highest BCUT2D eigenvalue weighted by atomic mass is 32.2. The Morgan fingerprint density at radius 3 is 2.63 bits per heavy atom. The molecular weight excluding hydrogens is 378 g/mol. The maximum Gasteiger partial charge on any atom is 0.255 e. The first-order chi connectivity index (χ1) is 13.2. The molecule has 1 saturated heterocycles. The van der Waals surface area contributed by atoms with Crippen molar-refractivity contribution < 1.29 is 9.21 Å². The van der Waals surface area contributed by atoms with Crippen LogP contribution < -0.4 is 5.32 Å².